The van der Waals surface area contributed by atoms with E-state index in [1.54, 1.807) is 19.2 Å². The minimum atomic E-state index is -0.766. The third-order valence-corrected chi connectivity index (χ3v) is 8.54. The third-order valence-electron chi connectivity index (χ3n) is 8.54. The summed E-state index contributed by atoms with van der Waals surface area (Å²) >= 11 is 0. The van der Waals surface area contributed by atoms with E-state index in [1.165, 1.54) is 7.11 Å². The van der Waals surface area contributed by atoms with Crippen LogP contribution in [0.4, 0.5) is 4.39 Å². The van der Waals surface area contributed by atoms with Crippen molar-refractivity contribution in [3.63, 3.8) is 0 Å². The number of halogens is 1. The molecule has 3 atom stereocenters. The van der Waals surface area contributed by atoms with Crippen LogP contribution < -0.4 is 9.47 Å². The normalized spacial score (nSPS) is 20.4. The molecule has 210 valence electrons. The molecule has 1 saturated heterocycles. The van der Waals surface area contributed by atoms with E-state index < -0.39 is 17.7 Å². The van der Waals surface area contributed by atoms with Gasteiger partial charge in [0.25, 0.3) is 0 Å². The number of nitrogens with zero attached hydrogens (tertiary/aromatic N) is 4. The molecule has 2 aliphatic heterocycles. The van der Waals surface area contributed by atoms with Gasteiger partial charge in [0.15, 0.2) is 5.82 Å². The van der Waals surface area contributed by atoms with Crippen molar-refractivity contribution in [3.05, 3.63) is 65.0 Å². The zero-order chi connectivity index (χ0) is 27.8. The number of hydrogen-bond donors (Lipinski definition) is 1. The van der Waals surface area contributed by atoms with Gasteiger partial charge in [-0.25, -0.2) is 14.4 Å². The van der Waals surface area contributed by atoms with Crippen LogP contribution in [-0.4, -0.2) is 51.1 Å². The molecule has 0 amide bonds. The van der Waals surface area contributed by atoms with Crippen LogP contribution in [0.1, 0.15) is 73.6 Å². The minimum Gasteiger partial charge on any atom is -0.484 e. The van der Waals surface area contributed by atoms with E-state index >= 15 is 0 Å². The van der Waals surface area contributed by atoms with Crippen molar-refractivity contribution in [2.24, 2.45) is 11.8 Å². The number of ether oxygens (including phenoxy) is 2. The number of rotatable bonds is 9. The molecule has 40 heavy (non-hydrogen) atoms. The Bertz CT molecular complexity index is 1410. The largest absolute Gasteiger partial charge is 0.484 e. The number of aryl methyl sites for hydroxylation is 1. The number of likely N-dealkylation sites (tertiary alicyclic amines) is 1. The van der Waals surface area contributed by atoms with E-state index in [9.17, 15) is 14.3 Å². The van der Waals surface area contributed by atoms with Crippen LogP contribution in [-0.2, 0) is 17.8 Å². The van der Waals surface area contributed by atoms with Gasteiger partial charge in [0.05, 0.1) is 42.5 Å². The Labute approximate surface area is 233 Å². The highest BCUT2D eigenvalue weighted by molar-refractivity contribution is 5.71. The molecule has 8 nitrogen and oxygen atoms in total. The highest BCUT2D eigenvalue weighted by Crippen LogP contribution is 2.48. The van der Waals surface area contributed by atoms with Gasteiger partial charge in [-0.2, -0.15) is 0 Å². The number of carbonyl (C=O) groups is 1. The van der Waals surface area contributed by atoms with Crippen molar-refractivity contribution in [1.29, 1.82) is 0 Å². The van der Waals surface area contributed by atoms with Gasteiger partial charge in [0.2, 0.25) is 5.88 Å². The van der Waals surface area contributed by atoms with Crippen LogP contribution in [0.5, 0.6) is 11.6 Å². The zero-order valence-corrected chi connectivity index (χ0v) is 23.0. The van der Waals surface area contributed by atoms with Crippen LogP contribution in [0.15, 0.2) is 36.7 Å². The Balaban J connectivity index is 1.31. The lowest BCUT2D eigenvalue weighted by Crippen LogP contribution is -2.23. The van der Waals surface area contributed by atoms with Crippen molar-refractivity contribution in [1.82, 2.24) is 19.9 Å². The van der Waals surface area contributed by atoms with E-state index in [-0.39, 0.29) is 12.0 Å². The second kappa shape index (κ2) is 11.1. The van der Waals surface area contributed by atoms with Gasteiger partial charge in [0.1, 0.15) is 11.9 Å². The molecule has 9 heteroatoms. The van der Waals surface area contributed by atoms with E-state index in [0.29, 0.717) is 41.0 Å². The number of carboxylic acids is 1. The van der Waals surface area contributed by atoms with Crippen LogP contribution in [0.3, 0.4) is 0 Å². The monoisotopic (exact) mass is 546 g/mol. The lowest BCUT2D eigenvalue weighted by Gasteiger charge is -2.28. The molecule has 2 fully saturated rings. The molecule has 1 aliphatic carbocycles. The van der Waals surface area contributed by atoms with Gasteiger partial charge >= 0.3 is 5.97 Å². The molecule has 0 spiro atoms. The molecule has 1 aromatic carbocycles. The maximum absolute atomic E-state index is 14.9. The summed E-state index contributed by atoms with van der Waals surface area (Å²) in [4.78, 5) is 27.9. The number of methoxy groups -OCH3 is 1. The van der Waals surface area contributed by atoms with E-state index in [2.05, 4.69) is 22.0 Å². The van der Waals surface area contributed by atoms with Gasteiger partial charge in [0, 0.05) is 18.2 Å². The fourth-order valence-corrected chi connectivity index (χ4v) is 6.18. The Morgan fingerprint density at radius 2 is 1.98 bits per heavy atom. The smallest absolute Gasteiger partial charge is 0.306 e. The molecule has 6 rings (SSSR count). The Morgan fingerprint density at radius 3 is 2.70 bits per heavy atom. The van der Waals surface area contributed by atoms with Gasteiger partial charge in [-0.15, -0.1) is 0 Å². The summed E-state index contributed by atoms with van der Waals surface area (Å²) in [7, 11) is 1.50. The highest BCUT2D eigenvalue weighted by Gasteiger charge is 2.39. The molecular formula is C31H35FN4O4. The summed E-state index contributed by atoms with van der Waals surface area (Å²) in [5.74, 6) is -0.205. The van der Waals surface area contributed by atoms with E-state index in [4.69, 9.17) is 19.4 Å². The first-order chi connectivity index (χ1) is 19.4. The summed E-state index contributed by atoms with van der Waals surface area (Å²) < 4.78 is 26.7. The molecular weight excluding hydrogens is 511 g/mol. The van der Waals surface area contributed by atoms with Crippen molar-refractivity contribution in [3.8, 4) is 22.9 Å². The Morgan fingerprint density at radius 1 is 1.18 bits per heavy atom. The van der Waals surface area contributed by atoms with Crippen LogP contribution in [0.2, 0.25) is 0 Å². The average molecular weight is 547 g/mol. The number of pyridine rings is 1. The second-order valence-corrected chi connectivity index (χ2v) is 11.3. The van der Waals surface area contributed by atoms with Gasteiger partial charge < -0.3 is 14.6 Å². The number of aromatic nitrogens is 3. The summed E-state index contributed by atoms with van der Waals surface area (Å²) in [6.07, 6.45) is 8.51. The van der Waals surface area contributed by atoms with Gasteiger partial charge in [-0.3, -0.25) is 14.7 Å². The number of hydrogen-bond acceptors (Lipinski definition) is 7. The van der Waals surface area contributed by atoms with Gasteiger partial charge in [-0.1, -0.05) is 19.1 Å². The summed E-state index contributed by atoms with van der Waals surface area (Å²) in [5, 5.41) is 9.71. The third kappa shape index (κ3) is 5.39. The van der Waals surface area contributed by atoms with Crippen molar-refractivity contribution < 1.29 is 23.8 Å². The summed E-state index contributed by atoms with van der Waals surface area (Å²) in [6.45, 7) is 4.32. The maximum atomic E-state index is 14.9. The predicted octanol–water partition coefficient (Wildman–Crippen LogP) is 5.56. The van der Waals surface area contributed by atoms with Crippen molar-refractivity contribution in [2.75, 3.05) is 20.2 Å². The number of carboxylic acid groups (broad SMARTS) is 1. The molecule has 0 radical (unpaired) electrons. The Kier molecular flexibility index (Phi) is 7.40. The number of fused-ring (bicyclic) bond motifs is 1. The first kappa shape index (κ1) is 26.6. The van der Waals surface area contributed by atoms with Crippen LogP contribution >= 0.6 is 0 Å². The predicted molar refractivity (Wildman–Crippen MR) is 147 cm³/mol. The number of benzene rings is 1. The molecule has 3 aliphatic rings. The average Bonchev–Trinajstić information content (AvgIpc) is 3.67. The molecule has 1 unspecified atom stereocenters. The Hall–Kier alpha value is -3.59. The molecule has 1 N–H and O–H groups in total. The minimum absolute atomic E-state index is 0.0230. The fourth-order valence-electron chi connectivity index (χ4n) is 6.18. The zero-order valence-electron chi connectivity index (χ0n) is 23.0. The first-order valence-corrected chi connectivity index (χ1v) is 14.2. The van der Waals surface area contributed by atoms with Crippen molar-refractivity contribution in [2.45, 2.75) is 64.0 Å². The standard InChI is InChI=1S/C31H35FN4O4/c1-18(31(37)38)29(20-6-7-20)21-8-5-19-9-10-26(40-27(19)13-21)24-16-34-30(22-14-28(39-2)33-15-23(22)32)25(35-24)17-36-11-3-4-12-36/h5,8,13-16,18,20,26,29H,3-4,6-7,9-12,17H2,1-2H3,(H,37,38)/t18-,26?,29-/m0/s1. The SMILES string of the molecule is COc1cc(-c2ncc(C3CCc4ccc([C@H](C5CC5)[C@H](C)C(=O)O)cc4O3)nc2CN2CCCC2)c(F)cn1. The maximum Gasteiger partial charge on any atom is 0.306 e. The molecule has 4 heterocycles. The molecule has 2 aromatic heterocycles. The fraction of sp³-hybridized carbons (Fsp3) is 0.484. The lowest BCUT2D eigenvalue weighted by atomic mass is 9.82. The first-order valence-electron chi connectivity index (χ1n) is 14.2. The topological polar surface area (TPSA) is 97.7 Å². The van der Waals surface area contributed by atoms with E-state index in [1.807, 2.05) is 6.07 Å². The molecule has 0 bridgehead atoms. The molecule has 1 saturated carbocycles. The molecule has 3 aromatic rings. The second-order valence-electron chi connectivity index (χ2n) is 11.3. The summed E-state index contributed by atoms with van der Waals surface area (Å²) in [6, 6.07) is 7.76. The lowest BCUT2D eigenvalue weighted by molar-refractivity contribution is -0.142. The van der Waals surface area contributed by atoms with Crippen LogP contribution in [0, 0.1) is 17.7 Å². The quantitative estimate of drug-likeness (QED) is 0.372. The number of aliphatic carboxylic acids is 1. The highest BCUT2D eigenvalue weighted by atomic mass is 19.1. The van der Waals surface area contributed by atoms with Crippen molar-refractivity contribution >= 4 is 5.97 Å². The van der Waals surface area contributed by atoms with E-state index in [0.717, 1.165) is 74.7 Å². The summed E-state index contributed by atoms with van der Waals surface area (Å²) in [5.41, 5.74) is 4.37. The van der Waals surface area contributed by atoms with Gasteiger partial charge in [-0.05, 0) is 80.6 Å². The van der Waals surface area contributed by atoms with Crippen LogP contribution in [0.25, 0.3) is 11.3 Å².